The average Bonchev–Trinajstić information content (AvgIpc) is 2.58. The van der Waals surface area contributed by atoms with Gasteiger partial charge in [-0.15, -0.1) is 0 Å². The maximum atomic E-state index is 14.2. The van der Waals surface area contributed by atoms with Crippen LogP contribution in [0, 0.1) is 11.6 Å². The van der Waals surface area contributed by atoms with Crippen LogP contribution in [0.2, 0.25) is 0 Å². The Labute approximate surface area is 129 Å². The van der Waals surface area contributed by atoms with E-state index >= 15 is 0 Å². The summed E-state index contributed by atoms with van der Waals surface area (Å²) in [5.74, 6) is -1.87. The molecule has 1 aliphatic heterocycles. The Morgan fingerprint density at radius 3 is 2.55 bits per heavy atom. The third-order valence-corrected chi connectivity index (χ3v) is 4.53. The molecule has 1 aliphatic rings. The van der Waals surface area contributed by atoms with E-state index < -0.39 is 23.0 Å². The molecule has 0 spiro atoms. The molecule has 120 valence electrons. The Morgan fingerprint density at radius 2 is 1.91 bits per heavy atom. The van der Waals surface area contributed by atoms with E-state index in [0.717, 1.165) is 24.6 Å². The van der Waals surface area contributed by atoms with Gasteiger partial charge in [0.05, 0.1) is 11.0 Å². The third kappa shape index (κ3) is 3.03. The summed E-state index contributed by atoms with van der Waals surface area (Å²) in [5, 5.41) is 8.63. The van der Waals surface area contributed by atoms with Crippen molar-refractivity contribution in [2.45, 2.75) is 51.9 Å². The zero-order valence-corrected chi connectivity index (χ0v) is 13.2. The summed E-state index contributed by atoms with van der Waals surface area (Å²) in [7, 11) is 0. The second-order valence-corrected chi connectivity index (χ2v) is 6.35. The van der Waals surface area contributed by atoms with Crippen molar-refractivity contribution in [2.24, 2.45) is 0 Å². The summed E-state index contributed by atoms with van der Waals surface area (Å²) < 4.78 is 29.7. The summed E-state index contributed by atoms with van der Waals surface area (Å²) in [6.07, 6.45) is 2.35. The van der Waals surface area contributed by atoms with E-state index in [1.165, 1.54) is 6.07 Å². The van der Waals surface area contributed by atoms with E-state index in [-0.39, 0.29) is 6.42 Å². The van der Waals surface area contributed by atoms with Gasteiger partial charge in [-0.1, -0.05) is 0 Å². The predicted molar refractivity (Wildman–Crippen MR) is 81.0 cm³/mol. The molecule has 0 saturated heterocycles. The zero-order valence-electron chi connectivity index (χ0n) is 13.2. The van der Waals surface area contributed by atoms with Gasteiger partial charge in [-0.05, 0) is 26.7 Å². The molecule has 1 aromatic carbocycles. The molecule has 2 rings (SSSR count). The number of carbonyl (C=O) groups is 1. The lowest BCUT2D eigenvalue weighted by molar-refractivity contribution is -0.439. The fourth-order valence-corrected chi connectivity index (χ4v) is 3.10. The predicted octanol–water partition coefficient (Wildman–Crippen LogP) is 4.01. The third-order valence-electron chi connectivity index (χ3n) is 4.53. The lowest BCUT2D eigenvalue weighted by Gasteiger charge is -2.15. The van der Waals surface area contributed by atoms with Crippen molar-refractivity contribution in [3.05, 3.63) is 29.3 Å². The average molecular weight is 310 g/mol. The van der Waals surface area contributed by atoms with Crippen LogP contribution in [0.15, 0.2) is 12.1 Å². The van der Waals surface area contributed by atoms with E-state index in [9.17, 15) is 13.6 Å². The molecule has 0 radical (unpaired) electrons. The van der Waals surface area contributed by atoms with Gasteiger partial charge in [0.2, 0.25) is 5.69 Å². The quantitative estimate of drug-likeness (QED) is 0.637. The number of rotatable bonds is 6. The largest absolute Gasteiger partial charge is 0.481 e. The van der Waals surface area contributed by atoms with Crippen LogP contribution in [0.25, 0.3) is 0 Å². The molecule has 1 heterocycles. The molecule has 0 unspecified atom stereocenters. The summed E-state index contributed by atoms with van der Waals surface area (Å²) in [6, 6.07) is 2.32. The highest BCUT2D eigenvalue weighted by Crippen LogP contribution is 2.41. The Kier molecular flexibility index (Phi) is 4.63. The first kappa shape index (κ1) is 16.6. The summed E-state index contributed by atoms with van der Waals surface area (Å²) in [5.41, 5.74) is 1.66. The number of halogens is 2. The van der Waals surface area contributed by atoms with Crippen molar-refractivity contribution in [3.8, 4) is 0 Å². The molecule has 1 N–H and O–H groups in total. The molecule has 0 aromatic heterocycles. The number of carboxylic acids is 1. The van der Waals surface area contributed by atoms with Crippen molar-refractivity contribution in [3.63, 3.8) is 0 Å². The van der Waals surface area contributed by atoms with Crippen molar-refractivity contribution in [1.29, 1.82) is 0 Å². The number of fused-ring (bicyclic) bond motifs is 1. The van der Waals surface area contributed by atoms with Gasteiger partial charge < -0.3 is 5.11 Å². The molecule has 0 atom stereocenters. The number of hydrogen-bond acceptors (Lipinski definition) is 1. The molecular weight excluding hydrogens is 288 g/mol. The van der Waals surface area contributed by atoms with Gasteiger partial charge in [0.15, 0.2) is 5.71 Å². The minimum atomic E-state index is -0.792. The molecule has 3 nitrogen and oxygen atoms in total. The van der Waals surface area contributed by atoms with E-state index in [4.69, 9.17) is 5.11 Å². The molecule has 22 heavy (non-hydrogen) atoms. The first-order chi connectivity index (χ1) is 10.2. The van der Waals surface area contributed by atoms with Gasteiger partial charge in [-0.25, -0.2) is 8.78 Å². The highest BCUT2D eigenvalue weighted by Gasteiger charge is 2.45. The summed E-state index contributed by atoms with van der Waals surface area (Å²) in [6.45, 7) is 6.46. The van der Waals surface area contributed by atoms with Crippen LogP contribution >= 0.6 is 0 Å². The van der Waals surface area contributed by atoms with Gasteiger partial charge in [0.1, 0.15) is 18.2 Å². The van der Waals surface area contributed by atoms with Gasteiger partial charge in [0.25, 0.3) is 0 Å². The molecule has 0 amide bonds. The summed E-state index contributed by atoms with van der Waals surface area (Å²) in [4.78, 5) is 10.5. The highest BCUT2D eigenvalue weighted by atomic mass is 19.1. The number of nitrogens with zero attached hydrogens (tertiary/aromatic N) is 1. The van der Waals surface area contributed by atoms with Crippen molar-refractivity contribution >= 4 is 17.4 Å². The smallest absolute Gasteiger partial charge is 0.303 e. The maximum Gasteiger partial charge on any atom is 0.303 e. The Morgan fingerprint density at radius 1 is 1.23 bits per heavy atom. The van der Waals surface area contributed by atoms with E-state index in [2.05, 4.69) is 0 Å². The van der Waals surface area contributed by atoms with E-state index in [1.807, 2.05) is 25.3 Å². The van der Waals surface area contributed by atoms with Gasteiger partial charge in [-0.2, -0.15) is 4.58 Å². The first-order valence-electron chi connectivity index (χ1n) is 7.58. The molecule has 0 fully saturated rings. The molecule has 1 aromatic rings. The molecule has 0 bridgehead atoms. The molecule has 5 heteroatoms. The van der Waals surface area contributed by atoms with Crippen LogP contribution < -0.4 is 0 Å². The number of benzene rings is 1. The van der Waals surface area contributed by atoms with Crippen LogP contribution in [0.5, 0.6) is 0 Å². The highest BCUT2D eigenvalue weighted by molar-refractivity contribution is 5.93. The number of aliphatic carboxylic acids is 1. The zero-order chi connectivity index (χ0) is 16.5. The lowest BCUT2D eigenvalue weighted by Crippen LogP contribution is -2.27. The Hall–Kier alpha value is -1.78. The topological polar surface area (TPSA) is 40.3 Å². The van der Waals surface area contributed by atoms with Crippen LogP contribution in [-0.4, -0.2) is 27.9 Å². The second-order valence-electron chi connectivity index (χ2n) is 6.35. The van der Waals surface area contributed by atoms with Crippen LogP contribution in [-0.2, 0) is 10.2 Å². The SMILES string of the molecule is CC1=[N+](CCCCCC(=O)O)c2cc(F)cc(F)c2C1(C)C. The van der Waals surface area contributed by atoms with Crippen molar-refractivity contribution < 1.29 is 23.3 Å². The van der Waals surface area contributed by atoms with E-state index in [1.54, 1.807) is 0 Å². The normalized spacial score (nSPS) is 16.0. The molecule has 0 aliphatic carbocycles. The minimum Gasteiger partial charge on any atom is -0.481 e. The first-order valence-corrected chi connectivity index (χ1v) is 7.58. The minimum absolute atomic E-state index is 0.161. The lowest BCUT2D eigenvalue weighted by atomic mass is 9.82. The van der Waals surface area contributed by atoms with E-state index in [0.29, 0.717) is 24.2 Å². The Bertz CT molecular complexity index is 636. The number of carboxylic acid groups (broad SMARTS) is 1. The van der Waals surface area contributed by atoms with Crippen molar-refractivity contribution in [2.75, 3.05) is 6.54 Å². The number of unbranched alkanes of at least 4 members (excludes halogenated alkanes) is 2. The summed E-state index contributed by atoms with van der Waals surface area (Å²) >= 11 is 0. The van der Waals surface area contributed by atoms with Crippen molar-refractivity contribution in [1.82, 2.24) is 0 Å². The fourth-order valence-electron chi connectivity index (χ4n) is 3.10. The second kappa shape index (κ2) is 6.15. The van der Waals surface area contributed by atoms with Gasteiger partial charge in [0, 0.05) is 31.9 Å². The number of hydrogen-bond donors (Lipinski definition) is 1. The molecular formula is C17H22F2NO2+. The fraction of sp³-hybridized carbons (Fsp3) is 0.529. The Balaban J connectivity index is 2.18. The van der Waals surface area contributed by atoms with Gasteiger partial charge >= 0.3 is 5.97 Å². The standard InChI is InChI=1S/C17H21F2NO2/c1-11-17(2,3)16-13(19)9-12(18)10-14(16)20(11)8-6-4-5-7-15(21)22/h9-10H,4-8H2,1-3H3/p+1. The van der Waals surface area contributed by atoms with Gasteiger partial charge in [-0.3, -0.25) is 4.79 Å². The van der Waals surface area contributed by atoms with Crippen LogP contribution in [0.3, 0.4) is 0 Å². The monoisotopic (exact) mass is 310 g/mol. The van der Waals surface area contributed by atoms with Crippen LogP contribution in [0.1, 0.15) is 52.0 Å². The molecule has 0 saturated carbocycles. The maximum absolute atomic E-state index is 14.2. The van der Waals surface area contributed by atoms with Crippen LogP contribution in [0.4, 0.5) is 14.5 Å².